The predicted octanol–water partition coefficient (Wildman–Crippen LogP) is 2.10. The maximum atomic E-state index is 6.22. The summed E-state index contributed by atoms with van der Waals surface area (Å²) in [6, 6.07) is 9.46. The van der Waals surface area contributed by atoms with Gasteiger partial charge in [0.1, 0.15) is 0 Å². The van der Waals surface area contributed by atoms with Crippen molar-refractivity contribution in [1.82, 2.24) is 4.90 Å². The summed E-state index contributed by atoms with van der Waals surface area (Å²) < 4.78 is 0. The smallest absolute Gasteiger partial charge is 0.192 e. The third-order valence-corrected chi connectivity index (χ3v) is 5.14. The fraction of sp³-hybridized carbons (Fsp3) is 0.562. The van der Waals surface area contributed by atoms with Crippen molar-refractivity contribution in [3.05, 3.63) is 35.4 Å². The first-order valence-electron chi connectivity index (χ1n) is 7.45. The Kier molecular flexibility index (Phi) is 2.38. The molecule has 0 bridgehead atoms. The molecular weight excluding hydrogens is 234 g/mol. The van der Waals surface area contributed by atoms with Crippen molar-refractivity contribution in [2.24, 2.45) is 10.7 Å². The van der Waals surface area contributed by atoms with Crippen LogP contribution in [0.3, 0.4) is 0 Å². The van der Waals surface area contributed by atoms with Crippen LogP contribution >= 0.6 is 0 Å². The van der Waals surface area contributed by atoms with Crippen LogP contribution in [0, 0.1) is 0 Å². The van der Waals surface area contributed by atoms with Gasteiger partial charge in [0.2, 0.25) is 0 Å². The first kappa shape index (κ1) is 11.3. The van der Waals surface area contributed by atoms with Crippen molar-refractivity contribution in [1.29, 1.82) is 0 Å². The zero-order valence-electron chi connectivity index (χ0n) is 11.3. The maximum Gasteiger partial charge on any atom is 0.192 e. The molecule has 0 aromatic heterocycles. The summed E-state index contributed by atoms with van der Waals surface area (Å²) in [7, 11) is 0. The highest BCUT2D eigenvalue weighted by Crippen LogP contribution is 2.41. The Morgan fingerprint density at radius 1 is 1.11 bits per heavy atom. The van der Waals surface area contributed by atoms with Crippen LogP contribution in [0.4, 0.5) is 0 Å². The van der Waals surface area contributed by atoms with Crippen LogP contribution in [-0.2, 0) is 12.8 Å². The van der Waals surface area contributed by atoms with Crippen LogP contribution in [0.15, 0.2) is 29.3 Å². The van der Waals surface area contributed by atoms with E-state index in [1.807, 2.05) is 0 Å². The summed E-state index contributed by atoms with van der Waals surface area (Å²) in [5.74, 6) is 0.791. The van der Waals surface area contributed by atoms with Crippen LogP contribution in [0.5, 0.6) is 0 Å². The van der Waals surface area contributed by atoms with Crippen LogP contribution < -0.4 is 5.73 Å². The lowest BCUT2D eigenvalue weighted by atomic mass is 9.92. The molecule has 1 aliphatic heterocycles. The Morgan fingerprint density at radius 2 is 1.74 bits per heavy atom. The minimum Gasteiger partial charge on any atom is -0.370 e. The van der Waals surface area contributed by atoms with Gasteiger partial charge < -0.3 is 10.6 Å². The number of guanidine groups is 1. The average Bonchev–Trinajstić information content (AvgIpc) is 3.09. The zero-order valence-corrected chi connectivity index (χ0v) is 11.3. The largest absolute Gasteiger partial charge is 0.370 e. The summed E-state index contributed by atoms with van der Waals surface area (Å²) in [6.45, 7) is 0.879. The molecule has 1 aromatic carbocycles. The third-order valence-electron chi connectivity index (χ3n) is 5.14. The third kappa shape index (κ3) is 1.60. The molecular formula is C16H21N3. The Labute approximate surface area is 114 Å². The van der Waals surface area contributed by atoms with Crippen LogP contribution in [0.2, 0.25) is 0 Å². The normalized spacial score (nSPS) is 25.1. The number of hydrogen-bond donors (Lipinski definition) is 1. The molecule has 0 unspecified atom stereocenters. The molecule has 3 aliphatic rings. The predicted molar refractivity (Wildman–Crippen MR) is 77.2 cm³/mol. The van der Waals surface area contributed by atoms with Gasteiger partial charge in [-0.25, -0.2) is 0 Å². The molecule has 3 nitrogen and oxygen atoms in total. The van der Waals surface area contributed by atoms with Crippen molar-refractivity contribution in [2.45, 2.75) is 50.1 Å². The van der Waals surface area contributed by atoms with E-state index >= 15 is 0 Å². The first-order valence-corrected chi connectivity index (χ1v) is 7.45. The molecule has 1 spiro atoms. The number of fused-ring (bicyclic) bond motifs is 1. The molecule has 100 valence electrons. The molecule has 1 fully saturated rings. The average molecular weight is 255 g/mol. The number of nitrogens with two attached hydrogens (primary N) is 1. The van der Waals surface area contributed by atoms with Gasteiger partial charge in [-0.05, 0) is 36.8 Å². The number of nitrogens with zero attached hydrogens (tertiary/aromatic N) is 2. The van der Waals surface area contributed by atoms with Crippen molar-refractivity contribution in [2.75, 3.05) is 6.54 Å². The van der Waals surface area contributed by atoms with Gasteiger partial charge in [0.15, 0.2) is 5.96 Å². The molecule has 0 amide bonds. The van der Waals surface area contributed by atoms with Crippen LogP contribution in [0.25, 0.3) is 0 Å². The van der Waals surface area contributed by atoms with E-state index in [9.17, 15) is 0 Å². The zero-order chi connectivity index (χ0) is 12.9. The second-order valence-electron chi connectivity index (χ2n) is 6.33. The Hall–Kier alpha value is -1.51. The van der Waals surface area contributed by atoms with Gasteiger partial charge in [0, 0.05) is 6.04 Å². The fourth-order valence-electron chi connectivity index (χ4n) is 4.32. The molecule has 4 rings (SSSR count). The van der Waals surface area contributed by atoms with Crippen LogP contribution in [0.1, 0.15) is 36.8 Å². The number of benzene rings is 1. The monoisotopic (exact) mass is 255 g/mol. The van der Waals surface area contributed by atoms with E-state index in [2.05, 4.69) is 34.2 Å². The van der Waals surface area contributed by atoms with E-state index in [0.29, 0.717) is 6.04 Å². The molecule has 1 heterocycles. The lowest BCUT2D eigenvalue weighted by molar-refractivity contribution is 0.158. The van der Waals surface area contributed by atoms with E-state index in [-0.39, 0.29) is 5.54 Å². The van der Waals surface area contributed by atoms with Crippen molar-refractivity contribution < 1.29 is 0 Å². The quantitative estimate of drug-likeness (QED) is 0.835. The fourth-order valence-corrected chi connectivity index (χ4v) is 4.32. The van der Waals surface area contributed by atoms with Gasteiger partial charge in [-0.15, -0.1) is 0 Å². The molecule has 1 aromatic rings. The van der Waals surface area contributed by atoms with Crippen molar-refractivity contribution in [3.63, 3.8) is 0 Å². The van der Waals surface area contributed by atoms with Gasteiger partial charge in [0.05, 0.1) is 12.1 Å². The molecule has 3 heteroatoms. The van der Waals surface area contributed by atoms with E-state index in [4.69, 9.17) is 5.73 Å². The molecule has 1 saturated carbocycles. The van der Waals surface area contributed by atoms with Crippen molar-refractivity contribution in [3.8, 4) is 0 Å². The summed E-state index contributed by atoms with van der Waals surface area (Å²) in [6.07, 6.45) is 7.49. The summed E-state index contributed by atoms with van der Waals surface area (Å²) in [5, 5.41) is 0. The minimum absolute atomic E-state index is 0.156. The molecule has 0 saturated heterocycles. The lowest BCUT2D eigenvalue weighted by Gasteiger charge is -2.40. The number of rotatable bonds is 1. The standard InChI is InChI=1S/C16H21N3/c17-15-18-11-16(19(15)14-7-3-4-8-14)9-12-5-1-2-6-13(12)10-16/h1-2,5-6,14H,3-4,7-11H2,(H2,17,18). The van der Waals surface area contributed by atoms with Gasteiger partial charge >= 0.3 is 0 Å². The second kappa shape index (κ2) is 3.99. The first-order chi connectivity index (χ1) is 9.28. The lowest BCUT2D eigenvalue weighted by Crippen LogP contribution is -2.56. The van der Waals surface area contributed by atoms with Crippen molar-refractivity contribution >= 4 is 5.96 Å². The number of aliphatic imine (C=N–C) groups is 1. The summed E-state index contributed by atoms with van der Waals surface area (Å²) in [4.78, 5) is 7.09. The molecule has 0 radical (unpaired) electrons. The minimum atomic E-state index is 0.156. The van der Waals surface area contributed by atoms with E-state index in [1.54, 1.807) is 0 Å². The highest BCUT2D eigenvalue weighted by atomic mass is 15.4. The number of hydrogen-bond acceptors (Lipinski definition) is 3. The van der Waals surface area contributed by atoms with Gasteiger partial charge in [-0.1, -0.05) is 37.1 Å². The summed E-state index contributed by atoms with van der Waals surface area (Å²) >= 11 is 0. The Balaban J connectivity index is 1.68. The second-order valence-corrected chi connectivity index (χ2v) is 6.33. The highest BCUT2D eigenvalue weighted by Gasteiger charge is 2.49. The molecule has 0 atom stereocenters. The Morgan fingerprint density at radius 3 is 2.37 bits per heavy atom. The van der Waals surface area contributed by atoms with E-state index < -0.39 is 0 Å². The van der Waals surface area contributed by atoms with Gasteiger partial charge in [-0.3, -0.25) is 4.99 Å². The summed E-state index contributed by atoms with van der Waals surface area (Å²) in [5.41, 5.74) is 9.37. The van der Waals surface area contributed by atoms with E-state index in [0.717, 1.165) is 25.3 Å². The SMILES string of the molecule is NC1=NCC2(Cc3ccccc3C2)N1C1CCCC1. The topological polar surface area (TPSA) is 41.6 Å². The molecule has 2 N–H and O–H groups in total. The van der Waals surface area contributed by atoms with Crippen LogP contribution in [-0.4, -0.2) is 29.0 Å². The molecule has 19 heavy (non-hydrogen) atoms. The van der Waals surface area contributed by atoms with E-state index in [1.165, 1.54) is 36.8 Å². The maximum absolute atomic E-state index is 6.22. The van der Waals surface area contributed by atoms with Gasteiger partial charge in [0.25, 0.3) is 0 Å². The van der Waals surface area contributed by atoms with Gasteiger partial charge in [-0.2, -0.15) is 0 Å². The molecule has 2 aliphatic carbocycles. The highest BCUT2D eigenvalue weighted by molar-refractivity contribution is 5.82. The Bertz CT molecular complexity index is 504.